The van der Waals surface area contributed by atoms with E-state index in [1.807, 2.05) is 41.1 Å². The van der Waals surface area contributed by atoms with Gasteiger partial charge in [0.1, 0.15) is 5.76 Å². The zero-order chi connectivity index (χ0) is 17.2. The van der Waals surface area contributed by atoms with Crippen LogP contribution in [0.3, 0.4) is 0 Å². The van der Waals surface area contributed by atoms with Crippen LogP contribution in [0.25, 0.3) is 17.8 Å². The van der Waals surface area contributed by atoms with E-state index in [4.69, 9.17) is 21.4 Å². The number of hydrogen-bond acceptors (Lipinski definition) is 3. The zero-order valence-corrected chi connectivity index (χ0v) is 14.7. The van der Waals surface area contributed by atoms with Crippen molar-refractivity contribution in [1.82, 2.24) is 9.78 Å². The number of rotatable bonds is 2. The minimum absolute atomic E-state index is 0.318. The van der Waals surface area contributed by atoms with Crippen molar-refractivity contribution in [2.45, 2.75) is 31.6 Å². The molecule has 1 aliphatic carbocycles. The molecule has 1 aliphatic heterocycles. The van der Waals surface area contributed by atoms with Gasteiger partial charge in [-0.3, -0.25) is 0 Å². The lowest BCUT2D eigenvalue weighted by Crippen LogP contribution is -2.32. The summed E-state index contributed by atoms with van der Waals surface area (Å²) in [5.41, 5.74) is 2.03. The molecule has 4 nitrogen and oxygen atoms in total. The molecular formula is C20H21ClN2O2. The van der Waals surface area contributed by atoms with Gasteiger partial charge in [-0.2, -0.15) is 5.10 Å². The fourth-order valence-corrected chi connectivity index (χ4v) is 3.64. The number of hydrogen-bond donors (Lipinski definition) is 1. The highest BCUT2D eigenvalue weighted by atomic mass is 35.5. The Hall–Kier alpha value is -2.04. The van der Waals surface area contributed by atoms with Gasteiger partial charge in [-0.1, -0.05) is 17.7 Å². The van der Waals surface area contributed by atoms with Crippen molar-refractivity contribution in [3.63, 3.8) is 0 Å². The summed E-state index contributed by atoms with van der Waals surface area (Å²) in [7, 11) is 0. The number of ether oxygens (including phenoxy) is 1. The van der Waals surface area contributed by atoms with Crippen LogP contribution in [-0.4, -0.2) is 28.1 Å². The third-order valence-corrected chi connectivity index (χ3v) is 5.07. The summed E-state index contributed by atoms with van der Waals surface area (Å²) >= 11 is 6.04. The molecule has 0 spiro atoms. The van der Waals surface area contributed by atoms with Crippen LogP contribution in [0, 0.1) is 0 Å². The first-order valence-electron chi connectivity index (χ1n) is 8.76. The lowest BCUT2D eigenvalue weighted by Gasteiger charge is -2.20. The second-order valence-electron chi connectivity index (χ2n) is 6.51. The number of benzene rings is 1. The topological polar surface area (TPSA) is 47.3 Å². The quantitative estimate of drug-likeness (QED) is 0.898. The van der Waals surface area contributed by atoms with Crippen LogP contribution in [0.4, 0.5) is 0 Å². The van der Waals surface area contributed by atoms with Crippen LogP contribution in [-0.2, 0) is 4.74 Å². The minimum Gasteiger partial charge on any atom is -0.508 e. The first-order chi connectivity index (χ1) is 12.2. The largest absolute Gasteiger partial charge is 0.508 e. The maximum Gasteiger partial charge on any atom is 0.112 e. The number of fused-ring (bicyclic) bond motifs is 1. The molecule has 1 aromatic heterocycles. The van der Waals surface area contributed by atoms with Gasteiger partial charge in [0.15, 0.2) is 0 Å². The Morgan fingerprint density at radius 2 is 1.80 bits per heavy atom. The molecule has 5 heteroatoms. The summed E-state index contributed by atoms with van der Waals surface area (Å²) in [6.07, 6.45) is 9.55. The van der Waals surface area contributed by atoms with Crippen LogP contribution < -0.4 is 10.6 Å². The summed E-state index contributed by atoms with van der Waals surface area (Å²) < 4.78 is 7.49. The fourth-order valence-electron chi connectivity index (χ4n) is 3.51. The summed E-state index contributed by atoms with van der Waals surface area (Å²) in [4.78, 5) is 0. The molecule has 130 valence electrons. The van der Waals surface area contributed by atoms with E-state index >= 15 is 0 Å². The summed E-state index contributed by atoms with van der Waals surface area (Å²) in [6.45, 7) is 1.53. The van der Waals surface area contributed by atoms with E-state index in [9.17, 15) is 5.11 Å². The van der Waals surface area contributed by atoms with Crippen LogP contribution >= 0.6 is 11.6 Å². The molecule has 2 aliphatic rings. The molecule has 1 N–H and O–H groups in total. The molecule has 0 atom stereocenters. The maximum absolute atomic E-state index is 10.2. The van der Waals surface area contributed by atoms with Gasteiger partial charge in [0.2, 0.25) is 0 Å². The molecule has 2 aromatic rings. The number of halogens is 1. The molecule has 0 bridgehead atoms. The first kappa shape index (κ1) is 16.4. The van der Waals surface area contributed by atoms with Crippen molar-refractivity contribution < 1.29 is 9.84 Å². The Kier molecular flexibility index (Phi) is 4.64. The van der Waals surface area contributed by atoms with Crippen molar-refractivity contribution in [2.75, 3.05) is 13.2 Å². The molecular weight excluding hydrogens is 336 g/mol. The van der Waals surface area contributed by atoms with Gasteiger partial charge in [0.25, 0.3) is 0 Å². The van der Waals surface area contributed by atoms with Gasteiger partial charge in [-0.05, 0) is 62.1 Å². The molecule has 1 fully saturated rings. The lowest BCUT2D eigenvalue weighted by atomic mass is 9.95. The molecule has 0 saturated carbocycles. The Morgan fingerprint density at radius 3 is 2.56 bits per heavy atom. The molecule has 2 heterocycles. The average molecular weight is 357 g/mol. The molecule has 4 rings (SSSR count). The molecule has 1 saturated heterocycles. The van der Waals surface area contributed by atoms with Gasteiger partial charge in [0.05, 0.1) is 16.7 Å². The molecule has 1 aromatic carbocycles. The molecule has 25 heavy (non-hydrogen) atoms. The SMILES string of the molecule is OC1=C/CC\C=c2/c(c(C3CCOCC3)nn2-c2ccc(Cl)cc2)=C\1. The number of aliphatic hydroxyl groups is 1. The summed E-state index contributed by atoms with van der Waals surface area (Å²) in [5, 5.41) is 17.9. The number of aliphatic hydroxyl groups excluding tert-OH is 1. The van der Waals surface area contributed by atoms with E-state index in [2.05, 4.69) is 6.08 Å². The van der Waals surface area contributed by atoms with Gasteiger partial charge in [-0.25, -0.2) is 4.68 Å². The molecule has 0 unspecified atom stereocenters. The summed E-state index contributed by atoms with van der Waals surface area (Å²) in [5.74, 6) is 0.672. The van der Waals surface area contributed by atoms with Gasteiger partial charge >= 0.3 is 0 Å². The number of nitrogens with zero attached hydrogens (tertiary/aromatic N) is 2. The predicted octanol–water partition coefficient (Wildman–Crippen LogP) is 3.22. The standard InChI is InChI=1S/C20H21ClN2O2/c21-15-5-7-16(8-6-15)23-19-4-2-1-3-17(24)13-18(19)20(22-23)14-9-11-25-12-10-14/h3-8,13-14,24H,1-2,9-12H2/b17-3+,18-13+,19-4+. The smallest absolute Gasteiger partial charge is 0.112 e. The van der Waals surface area contributed by atoms with Crippen LogP contribution in [0.5, 0.6) is 0 Å². The van der Waals surface area contributed by atoms with E-state index in [0.717, 1.165) is 60.8 Å². The third kappa shape index (κ3) is 3.37. The van der Waals surface area contributed by atoms with Crippen molar-refractivity contribution in [1.29, 1.82) is 0 Å². The maximum atomic E-state index is 10.2. The highest BCUT2D eigenvalue weighted by molar-refractivity contribution is 6.30. The van der Waals surface area contributed by atoms with Crippen molar-refractivity contribution in [3.8, 4) is 5.69 Å². The normalized spacial score (nSPS) is 23.2. The number of aromatic nitrogens is 2. The lowest BCUT2D eigenvalue weighted by molar-refractivity contribution is 0.0842. The van der Waals surface area contributed by atoms with E-state index in [0.29, 0.717) is 16.7 Å². The van der Waals surface area contributed by atoms with E-state index < -0.39 is 0 Å². The summed E-state index contributed by atoms with van der Waals surface area (Å²) in [6, 6.07) is 7.71. The van der Waals surface area contributed by atoms with Gasteiger partial charge in [0, 0.05) is 29.4 Å². The molecule has 0 amide bonds. The molecule has 0 radical (unpaired) electrons. The number of allylic oxidation sites excluding steroid dienone is 2. The highest BCUT2D eigenvalue weighted by Crippen LogP contribution is 2.23. The monoisotopic (exact) mass is 356 g/mol. The third-order valence-electron chi connectivity index (χ3n) is 4.82. The van der Waals surface area contributed by atoms with Crippen LogP contribution in [0.15, 0.2) is 36.1 Å². The Labute approximate surface area is 151 Å². The van der Waals surface area contributed by atoms with Gasteiger partial charge < -0.3 is 9.84 Å². The van der Waals surface area contributed by atoms with E-state index in [1.165, 1.54) is 0 Å². The Bertz CT molecular complexity index is 906. The van der Waals surface area contributed by atoms with E-state index in [1.54, 1.807) is 0 Å². The van der Waals surface area contributed by atoms with Crippen LogP contribution in [0.1, 0.15) is 37.3 Å². The Morgan fingerprint density at radius 1 is 1.08 bits per heavy atom. The highest BCUT2D eigenvalue weighted by Gasteiger charge is 2.22. The Balaban J connectivity index is 1.94. The second kappa shape index (κ2) is 7.06. The minimum atomic E-state index is 0.318. The van der Waals surface area contributed by atoms with Crippen molar-refractivity contribution >= 4 is 23.8 Å². The van der Waals surface area contributed by atoms with Crippen molar-refractivity contribution in [3.05, 3.63) is 57.4 Å². The van der Waals surface area contributed by atoms with Crippen LogP contribution in [0.2, 0.25) is 5.02 Å². The van der Waals surface area contributed by atoms with Gasteiger partial charge in [-0.15, -0.1) is 0 Å². The first-order valence-corrected chi connectivity index (χ1v) is 9.14. The van der Waals surface area contributed by atoms with Crippen molar-refractivity contribution in [2.24, 2.45) is 0 Å². The second-order valence-corrected chi connectivity index (χ2v) is 6.95. The average Bonchev–Trinajstić information content (AvgIpc) is 2.96. The predicted molar refractivity (Wildman–Crippen MR) is 99.5 cm³/mol. The zero-order valence-electron chi connectivity index (χ0n) is 14.0. The van der Waals surface area contributed by atoms with E-state index in [-0.39, 0.29) is 0 Å². The fraction of sp³-hybridized carbons (Fsp3) is 0.350.